The first-order valence-electron chi connectivity index (χ1n) is 9.23. The lowest BCUT2D eigenvalue weighted by Crippen LogP contribution is -2.33. The highest BCUT2D eigenvalue weighted by atomic mass is 16.6. The third kappa shape index (κ3) is 3.77. The maximum atomic E-state index is 12.9. The minimum Gasteiger partial charge on any atom is -0.449 e. The van der Waals surface area contributed by atoms with Gasteiger partial charge in [-0.05, 0) is 18.9 Å². The molecule has 1 heterocycles. The van der Waals surface area contributed by atoms with Crippen molar-refractivity contribution in [3.05, 3.63) is 71.5 Å². The van der Waals surface area contributed by atoms with Gasteiger partial charge in [0.2, 0.25) is 11.9 Å². The summed E-state index contributed by atoms with van der Waals surface area (Å²) in [6, 6.07) is 16.5. The monoisotopic (exact) mass is 379 g/mol. The van der Waals surface area contributed by atoms with Crippen molar-refractivity contribution in [3.8, 4) is 0 Å². The molecule has 3 aromatic rings. The van der Waals surface area contributed by atoms with Gasteiger partial charge in [-0.3, -0.25) is 4.79 Å². The lowest BCUT2D eigenvalue weighted by atomic mass is 10.1. The Morgan fingerprint density at radius 1 is 1.11 bits per heavy atom. The summed E-state index contributed by atoms with van der Waals surface area (Å²) in [5.74, 6) is -0.960. The van der Waals surface area contributed by atoms with Crippen LogP contribution < -0.4 is 5.32 Å². The van der Waals surface area contributed by atoms with Crippen LogP contribution >= 0.6 is 0 Å². The van der Waals surface area contributed by atoms with E-state index in [4.69, 9.17) is 13.9 Å². The van der Waals surface area contributed by atoms with E-state index in [9.17, 15) is 9.59 Å². The number of hydrogen-bond acceptors (Lipinski definition) is 5. The lowest BCUT2D eigenvalue weighted by molar-refractivity contribution is -0.130. The molecule has 1 fully saturated rings. The van der Waals surface area contributed by atoms with Crippen LogP contribution in [0, 0.1) is 0 Å². The second kappa shape index (κ2) is 7.86. The van der Waals surface area contributed by atoms with Crippen LogP contribution in [-0.4, -0.2) is 25.0 Å². The quantitative estimate of drug-likeness (QED) is 0.633. The lowest BCUT2D eigenvalue weighted by Gasteiger charge is -2.17. The van der Waals surface area contributed by atoms with E-state index in [1.165, 1.54) is 0 Å². The average Bonchev–Trinajstić information content (AvgIpc) is 3.46. The van der Waals surface area contributed by atoms with Crippen molar-refractivity contribution in [2.45, 2.75) is 31.6 Å². The van der Waals surface area contributed by atoms with Gasteiger partial charge in [0.1, 0.15) is 5.58 Å². The van der Waals surface area contributed by atoms with Crippen molar-refractivity contribution < 1.29 is 23.5 Å². The first-order chi connectivity index (χ1) is 13.7. The van der Waals surface area contributed by atoms with Gasteiger partial charge in [-0.1, -0.05) is 48.5 Å². The summed E-state index contributed by atoms with van der Waals surface area (Å²) in [7, 11) is 1.55. The summed E-state index contributed by atoms with van der Waals surface area (Å²) in [5.41, 5.74) is 1.79. The van der Waals surface area contributed by atoms with Crippen LogP contribution in [0.5, 0.6) is 0 Å². The van der Waals surface area contributed by atoms with Crippen molar-refractivity contribution in [2.24, 2.45) is 0 Å². The van der Waals surface area contributed by atoms with Gasteiger partial charge in [0.05, 0.1) is 6.61 Å². The maximum absolute atomic E-state index is 12.9. The number of carbonyl (C=O) groups is 2. The molecule has 1 aromatic heterocycles. The number of ether oxygens (including phenoxy) is 2. The third-order valence-corrected chi connectivity index (χ3v) is 4.66. The molecule has 6 heteroatoms. The van der Waals surface area contributed by atoms with Crippen LogP contribution in [0.15, 0.2) is 59.0 Å². The summed E-state index contributed by atoms with van der Waals surface area (Å²) in [4.78, 5) is 25.6. The molecule has 1 saturated carbocycles. The molecule has 6 nitrogen and oxygen atoms in total. The van der Waals surface area contributed by atoms with Crippen LogP contribution in [0.3, 0.4) is 0 Å². The highest BCUT2D eigenvalue weighted by Gasteiger charge is 2.32. The molecular formula is C22H21NO5. The van der Waals surface area contributed by atoms with Gasteiger partial charge in [0.15, 0.2) is 0 Å². The molecule has 28 heavy (non-hydrogen) atoms. The minimum absolute atomic E-state index is 0.0585. The number of methoxy groups -OCH3 is 1. The molecule has 4 rings (SSSR count). The van der Waals surface area contributed by atoms with E-state index in [2.05, 4.69) is 5.32 Å². The zero-order valence-electron chi connectivity index (χ0n) is 15.5. The molecule has 0 saturated heterocycles. The van der Waals surface area contributed by atoms with Crippen molar-refractivity contribution >= 4 is 22.8 Å². The van der Waals surface area contributed by atoms with Gasteiger partial charge in [-0.25, -0.2) is 4.79 Å². The van der Waals surface area contributed by atoms with E-state index in [1.807, 2.05) is 24.3 Å². The topological polar surface area (TPSA) is 77.8 Å². The standard InChI is InChI=1S/C22H21NO5/c1-26-13-17-16-9-5-6-10-18(16)27-20(17)22(25)28-19(14-7-3-2-4-8-14)21(24)23-15-11-12-15/h2-10,15,19H,11-13H2,1H3,(H,23,24)/t19-/m1/s1. The van der Waals surface area contributed by atoms with Gasteiger partial charge in [-0.15, -0.1) is 0 Å². The highest BCUT2D eigenvalue weighted by Crippen LogP contribution is 2.29. The zero-order chi connectivity index (χ0) is 19.5. The predicted molar refractivity (Wildman–Crippen MR) is 103 cm³/mol. The van der Waals surface area contributed by atoms with Crippen molar-refractivity contribution in [1.82, 2.24) is 5.32 Å². The van der Waals surface area contributed by atoms with E-state index in [0.717, 1.165) is 18.2 Å². The Bertz CT molecular complexity index is 991. The van der Waals surface area contributed by atoms with E-state index >= 15 is 0 Å². The second-order valence-electron chi connectivity index (χ2n) is 6.82. The number of esters is 1. The molecule has 2 aromatic carbocycles. The number of fused-ring (bicyclic) bond motifs is 1. The molecule has 0 spiro atoms. The summed E-state index contributed by atoms with van der Waals surface area (Å²) in [6.45, 7) is 0.200. The number of amides is 1. The Morgan fingerprint density at radius 2 is 1.82 bits per heavy atom. The molecule has 1 aliphatic carbocycles. The number of rotatable bonds is 7. The van der Waals surface area contributed by atoms with Crippen LogP contribution in [0.4, 0.5) is 0 Å². The fraction of sp³-hybridized carbons (Fsp3) is 0.273. The number of benzene rings is 2. The Hall–Kier alpha value is -3.12. The first-order valence-corrected chi connectivity index (χ1v) is 9.23. The van der Waals surface area contributed by atoms with Crippen molar-refractivity contribution in [1.29, 1.82) is 0 Å². The molecule has 0 unspecified atom stereocenters. The average molecular weight is 379 g/mol. The maximum Gasteiger partial charge on any atom is 0.375 e. The van der Waals surface area contributed by atoms with Gasteiger partial charge < -0.3 is 19.2 Å². The number of carbonyl (C=O) groups excluding carboxylic acids is 2. The van der Waals surface area contributed by atoms with E-state index in [-0.39, 0.29) is 24.3 Å². The summed E-state index contributed by atoms with van der Waals surface area (Å²) in [5, 5.41) is 3.69. The minimum atomic E-state index is -1.04. The smallest absolute Gasteiger partial charge is 0.375 e. The normalized spacial score (nSPS) is 14.6. The number of furan rings is 1. The van der Waals surface area contributed by atoms with Crippen LogP contribution in [0.25, 0.3) is 11.0 Å². The fourth-order valence-electron chi connectivity index (χ4n) is 3.12. The van der Waals surface area contributed by atoms with Crippen LogP contribution in [-0.2, 0) is 20.9 Å². The predicted octanol–water partition coefficient (Wildman–Crippen LogP) is 3.76. The number of nitrogens with one attached hydrogen (secondary N) is 1. The van der Waals surface area contributed by atoms with E-state index in [0.29, 0.717) is 16.7 Å². The molecule has 1 aliphatic rings. The Labute approximate surface area is 162 Å². The van der Waals surface area contributed by atoms with Gasteiger partial charge in [-0.2, -0.15) is 0 Å². The van der Waals surface area contributed by atoms with Gasteiger partial charge in [0, 0.05) is 29.7 Å². The molecule has 1 amide bonds. The first kappa shape index (κ1) is 18.3. The highest BCUT2D eigenvalue weighted by molar-refractivity contribution is 5.97. The van der Waals surface area contributed by atoms with Crippen molar-refractivity contribution in [2.75, 3.05) is 7.11 Å². The fourth-order valence-corrected chi connectivity index (χ4v) is 3.12. The molecular weight excluding hydrogens is 358 g/mol. The molecule has 1 atom stereocenters. The molecule has 0 radical (unpaired) electrons. The third-order valence-electron chi connectivity index (χ3n) is 4.66. The number of hydrogen-bond donors (Lipinski definition) is 1. The Kier molecular flexibility index (Phi) is 5.12. The van der Waals surface area contributed by atoms with E-state index in [1.54, 1.807) is 37.4 Å². The van der Waals surface area contributed by atoms with E-state index < -0.39 is 12.1 Å². The zero-order valence-corrected chi connectivity index (χ0v) is 15.5. The SMILES string of the molecule is COCc1c(C(=O)O[C@@H](C(=O)NC2CC2)c2ccccc2)oc2ccccc12. The second-order valence-corrected chi connectivity index (χ2v) is 6.82. The largest absolute Gasteiger partial charge is 0.449 e. The molecule has 1 N–H and O–H groups in total. The summed E-state index contributed by atoms with van der Waals surface area (Å²) < 4.78 is 16.6. The summed E-state index contributed by atoms with van der Waals surface area (Å²) in [6.07, 6.45) is 0.851. The Morgan fingerprint density at radius 3 is 2.54 bits per heavy atom. The number of para-hydroxylation sites is 1. The van der Waals surface area contributed by atoms with Gasteiger partial charge in [0.25, 0.3) is 5.91 Å². The molecule has 144 valence electrons. The van der Waals surface area contributed by atoms with Crippen molar-refractivity contribution in [3.63, 3.8) is 0 Å². The summed E-state index contributed by atoms with van der Waals surface area (Å²) >= 11 is 0. The molecule has 0 aliphatic heterocycles. The Balaban J connectivity index is 1.65. The van der Waals surface area contributed by atoms with Gasteiger partial charge >= 0.3 is 5.97 Å². The van der Waals surface area contributed by atoms with Crippen LogP contribution in [0.2, 0.25) is 0 Å². The molecule has 0 bridgehead atoms. The van der Waals surface area contributed by atoms with Crippen LogP contribution in [0.1, 0.15) is 40.6 Å².